The summed E-state index contributed by atoms with van der Waals surface area (Å²) in [6, 6.07) is 11.6. The molecule has 4 heteroatoms. The summed E-state index contributed by atoms with van der Waals surface area (Å²) < 4.78 is 5.64. The number of rotatable bonds is 2. The van der Waals surface area contributed by atoms with Crippen molar-refractivity contribution < 1.29 is 9.53 Å². The number of hydrogen-bond donors (Lipinski definition) is 2. The highest BCUT2D eigenvalue weighted by Gasteiger charge is 2.19. The van der Waals surface area contributed by atoms with Crippen LogP contribution in [0.4, 0.5) is 11.4 Å². The van der Waals surface area contributed by atoms with Gasteiger partial charge in [-0.25, -0.2) is 0 Å². The summed E-state index contributed by atoms with van der Waals surface area (Å²) in [5.74, 6) is 0.482. The Morgan fingerprint density at radius 1 is 1.24 bits per heavy atom. The number of benzene rings is 2. The van der Waals surface area contributed by atoms with Crippen molar-refractivity contribution in [2.75, 3.05) is 23.8 Å². The molecule has 0 fully saturated rings. The van der Waals surface area contributed by atoms with Gasteiger partial charge in [-0.05, 0) is 43.2 Å². The van der Waals surface area contributed by atoms with E-state index in [-0.39, 0.29) is 5.91 Å². The maximum Gasteiger partial charge on any atom is 0.259 e. The molecule has 0 atom stereocenters. The van der Waals surface area contributed by atoms with Crippen LogP contribution >= 0.6 is 0 Å². The van der Waals surface area contributed by atoms with Gasteiger partial charge in [0.1, 0.15) is 6.61 Å². The Kier molecular flexibility index (Phi) is 3.52. The zero-order valence-corrected chi connectivity index (χ0v) is 12.2. The van der Waals surface area contributed by atoms with Crippen LogP contribution in [0.3, 0.4) is 0 Å². The smallest absolute Gasteiger partial charge is 0.259 e. The number of hydrogen-bond acceptors (Lipinski definition) is 3. The highest BCUT2D eigenvalue weighted by molar-refractivity contribution is 6.07. The van der Waals surface area contributed by atoms with Gasteiger partial charge in [0, 0.05) is 12.2 Å². The van der Waals surface area contributed by atoms with Crippen molar-refractivity contribution in [2.45, 2.75) is 13.8 Å². The Morgan fingerprint density at radius 2 is 2.10 bits per heavy atom. The summed E-state index contributed by atoms with van der Waals surface area (Å²) in [5.41, 5.74) is 4.42. The number of aryl methyl sites for hydroxylation is 2. The van der Waals surface area contributed by atoms with Crippen LogP contribution in [0.5, 0.6) is 5.75 Å². The van der Waals surface area contributed by atoms with Crippen molar-refractivity contribution in [3.8, 4) is 5.75 Å². The number of amides is 1. The highest BCUT2D eigenvalue weighted by atomic mass is 16.5. The van der Waals surface area contributed by atoms with Crippen molar-refractivity contribution in [1.82, 2.24) is 0 Å². The first-order chi connectivity index (χ1) is 10.1. The quantitative estimate of drug-likeness (QED) is 0.888. The van der Waals surface area contributed by atoms with Crippen molar-refractivity contribution in [3.63, 3.8) is 0 Å². The molecule has 0 aliphatic carbocycles. The van der Waals surface area contributed by atoms with Gasteiger partial charge in [0.2, 0.25) is 0 Å². The second-order valence-electron chi connectivity index (χ2n) is 5.23. The summed E-state index contributed by atoms with van der Waals surface area (Å²) in [4.78, 5) is 12.5. The van der Waals surface area contributed by atoms with E-state index in [1.54, 1.807) is 6.07 Å². The lowest BCUT2D eigenvalue weighted by atomic mass is 10.1. The van der Waals surface area contributed by atoms with E-state index < -0.39 is 0 Å². The minimum atomic E-state index is -0.149. The minimum absolute atomic E-state index is 0.149. The van der Waals surface area contributed by atoms with Gasteiger partial charge in [-0.2, -0.15) is 0 Å². The molecule has 1 aliphatic heterocycles. The Balaban J connectivity index is 1.91. The summed E-state index contributed by atoms with van der Waals surface area (Å²) in [6.45, 7) is 5.32. The third kappa shape index (κ3) is 2.70. The van der Waals surface area contributed by atoms with Crippen LogP contribution in [0.2, 0.25) is 0 Å². The predicted molar refractivity (Wildman–Crippen MR) is 84.3 cm³/mol. The monoisotopic (exact) mass is 282 g/mol. The lowest BCUT2D eigenvalue weighted by Crippen LogP contribution is -2.22. The molecule has 0 bridgehead atoms. The zero-order chi connectivity index (χ0) is 14.8. The molecule has 1 amide bonds. The second kappa shape index (κ2) is 5.48. The number of fused-ring (bicyclic) bond motifs is 1. The fraction of sp³-hybridized carbons (Fsp3) is 0.235. The van der Waals surface area contributed by atoms with E-state index in [2.05, 4.69) is 10.6 Å². The van der Waals surface area contributed by atoms with E-state index in [1.807, 2.05) is 44.2 Å². The normalized spacial score (nSPS) is 12.9. The Hall–Kier alpha value is -2.49. The molecule has 0 aromatic heterocycles. The van der Waals surface area contributed by atoms with E-state index in [9.17, 15) is 4.79 Å². The number of carbonyl (C=O) groups excluding carboxylic acids is 1. The van der Waals surface area contributed by atoms with Crippen molar-refractivity contribution >= 4 is 17.3 Å². The molecule has 21 heavy (non-hydrogen) atoms. The molecule has 0 unspecified atom stereocenters. The van der Waals surface area contributed by atoms with Crippen LogP contribution in [0.1, 0.15) is 21.5 Å². The second-order valence-corrected chi connectivity index (χ2v) is 5.23. The number of ether oxygens (including phenoxy) is 1. The molecule has 2 aromatic rings. The average molecular weight is 282 g/mol. The van der Waals surface area contributed by atoms with E-state index in [1.165, 1.54) is 0 Å². The number of carbonyl (C=O) groups is 1. The van der Waals surface area contributed by atoms with Gasteiger partial charge in [-0.15, -0.1) is 0 Å². The Bertz CT molecular complexity index is 695. The number of nitrogens with one attached hydrogen (secondary N) is 2. The van der Waals surface area contributed by atoms with E-state index in [4.69, 9.17) is 4.74 Å². The standard InChI is InChI=1S/C17H18N2O2/c1-11-6-7-12(2)15(10-11)19-17(20)13-4-3-5-14-16(13)21-9-8-18-14/h3-7,10,18H,8-9H2,1-2H3,(H,19,20). The van der Waals surface area contributed by atoms with E-state index in [0.29, 0.717) is 17.9 Å². The molecule has 2 aromatic carbocycles. The largest absolute Gasteiger partial charge is 0.489 e. The van der Waals surface area contributed by atoms with Gasteiger partial charge in [0.05, 0.1) is 11.3 Å². The summed E-state index contributed by atoms with van der Waals surface area (Å²) in [7, 11) is 0. The van der Waals surface area contributed by atoms with Crippen molar-refractivity contribution in [1.29, 1.82) is 0 Å². The molecule has 0 spiro atoms. The van der Waals surface area contributed by atoms with Gasteiger partial charge in [0.15, 0.2) is 5.75 Å². The van der Waals surface area contributed by atoms with Crippen LogP contribution < -0.4 is 15.4 Å². The molecule has 0 saturated heterocycles. The first-order valence-electron chi connectivity index (χ1n) is 7.03. The fourth-order valence-corrected chi connectivity index (χ4v) is 2.41. The van der Waals surface area contributed by atoms with Crippen LogP contribution in [-0.4, -0.2) is 19.1 Å². The van der Waals surface area contributed by atoms with Crippen LogP contribution in [0.25, 0.3) is 0 Å². The number of para-hydroxylation sites is 1. The molecular weight excluding hydrogens is 264 g/mol. The lowest BCUT2D eigenvalue weighted by molar-refractivity contribution is 0.102. The molecule has 0 radical (unpaired) electrons. The number of anilines is 2. The average Bonchev–Trinajstić information content (AvgIpc) is 2.50. The lowest BCUT2D eigenvalue weighted by Gasteiger charge is -2.21. The summed E-state index contributed by atoms with van der Waals surface area (Å²) in [5, 5.41) is 6.21. The van der Waals surface area contributed by atoms with Gasteiger partial charge in [-0.1, -0.05) is 18.2 Å². The summed E-state index contributed by atoms with van der Waals surface area (Å²) >= 11 is 0. The molecular formula is C17H18N2O2. The van der Waals surface area contributed by atoms with Crippen molar-refractivity contribution in [2.24, 2.45) is 0 Å². The molecule has 108 valence electrons. The molecule has 4 nitrogen and oxygen atoms in total. The zero-order valence-electron chi connectivity index (χ0n) is 12.2. The van der Waals surface area contributed by atoms with Gasteiger partial charge in [-0.3, -0.25) is 4.79 Å². The molecule has 3 rings (SSSR count). The molecule has 1 heterocycles. The maximum absolute atomic E-state index is 12.5. The van der Waals surface area contributed by atoms with Gasteiger partial charge in [0.25, 0.3) is 5.91 Å². The first kappa shape index (κ1) is 13.5. The Labute approximate surface area is 124 Å². The van der Waals surface area contributed by atoms with Crippen molar-refractivity contribution in [3.05, 3.63) is 53.1 Å². The molecule has 1 aliphatic rings. The van der Waals surface area contributed by atoms with Gasteiger partial charge < -0.3 is 15.4 Å². The molecule has 2 N–H and O–H groups in total. The predicted octanol–water partition coefficient (Wildman–Crippen LogP) is 3.36. The summed E-state index contributed by atoms with van der Waals surface area (Å²) in [6.07, 6.45) is 0. The third-order valence-electron chi connectivity index (χ3n) is 3.56. The van der Waals surface area contributed by atoms with Gasteiger partial charge >= 0.3 is 0 Å². The van der Waals surface area contributed by atoms with Crippen LogP contribution in [0, 0.1) is 13.8 Å². The fourth-order valence-electron chi connectivity index (χ4n) is 2.41. The first-order valence-corrected chi connectivity index (χ1v) is 7.03. The Morgan fingerprint density at radius 3 is 2.95 bits per heavy atom. The minimum Gasteiger partial charge on any atom is -0.489 e. The van der Waals surface area contributed by atoms with E-state index >= 15 is 0 Å². The molecule has 0 saturated carbocycles. The maximum atomic E-state index is 12.5. The SMILES string of the molecule is Cc1ccc(C)c(NC(=O)c2cccc3c2OCCN3)c1. The topological polar surface area (TPSA) is 50.4 Å². The highest BCUT2D eigenvalue weighted by Crippen LogP contribution is 2.31. The van der Waals surface area contributed by atoms with E-state index in [0.717, 1.165) is 29.0 Å². The van der Waals surface area contributed by atoms with Crippen LogP contribution in [-0.2, 0) is 0 Å². The van der Waals surface area contributed by atoms with Crippen LogP contribution in [0.15, 0.2) is 36.4 Å². The third-order valence-corrected chi connectivity index (χ3v) is 3.56.